The summed E-state index contributed by atoms with van der Waals surface area (Å²) in [5.74, 6) is 0.699. The predicted molar refractivity (Wildman–Crippen MR) is 100 cm³/mol. The lowest BCUT2D eigenvalue weighted by Gasteiger charge is -2.32. The Kier molecular flexibility index (Phi) is 5.44. The van der Waals surface area contributed by atoms with Crippen molar-refractivity contribution in [1.82, 2.24) is 10.3 Å². The number of hydrogen-bond donors (Lipinski definition) is 2. The van der Waals surface area contributed by atoms with Crippen molar-refractivity contribution < 1.29 is 23.4 Å². The molecule has 2 aliphatic carbocycles. The average molecular weight is 390 g/mol. The molecule has 2 aliphatic rings. The Labute approximate surface area is 162 Å². The quantitative estimate of drug-likeness (QED) is 0.785. The van der Waals surface area contributed by atoms with Crippen molar-refractivity contribution in [3.05, 3.63) is 36.0 Å². The van der Waals surface area contributed by atoms with E-state index in [1.54, 1.807) is 12.1 Å². The van der Waals surface area contributed by atoms with Crippen molar-refractivity contribution in [1.29, 1.82) is 0 Å². The zero-order valence-electron chi connectivity index (χ0n) is 15.5. The molecule has 1 atom stereocenters. The summed E-state index contributed by atoms with van der Waals surface area (Å²) in [7, 11) is 0. The molecule has 1 heterocycles. The van der Waals surface area contributed by atoms with E-state index in [1.165, 1.54) is 18.3 Å². The Morgan fingerprint density at radius 3 is 2.43 bits per heavy atom. The van der Waals surface area contributed by atoms with Crippen molar-refractivity contribution >= 4 is 16.8 Å². The number of pyridine rings is 1. The molecule has 1 amide bonds. The minimum atomic E-state index is -2.89. The maximum absolute atomic E-state index is 12.6. The molecule has 2 saturated carbocycles. The molecule has 0 bridgehead atoms. The third-order valence-electron chi connectivity index (χ3n) is 5.84. The fourth-order valence-electron chi connectivity index (χ4n) is 4.10. The van der Waals surface area contributed by atoms with E-state index in [0.717, 1.165) is 38.5 Å². The molecule has 0 saturated heterocycles. The lowest BCUT2D eigenvalue weighted by molar-refractivity contribution is -0.0497. The molecule has 0 aliphatic heterocycles. The first-order valence-electron chi connectivity index (χ1n) is 9.83. The van der Waals surface area contributed by atoms with Crippen LogP contribution in [0.25, 0.3) is 10.9 Å². The van der Waals surface area contributed by atoms with E-state index in [1.807, 2.05) is 0 Å². The zero-order chi connectivity index (χ0) is 19.7. The van der Waals surface area contributed by atoms with Crippen LogP contribution in [0.2, 0.25) is 0 Å². The standard InChI is InChI=1S/C21H24F2N2O3/c22-21(23)28-17-8-5-14-9-15(11-24-18(14)10-17)20(27)25-16-6-3-13(4-7-16)19(26)12-1-2-12/h5,8-13,16,19,21,26H,1-4,6-7H2,(H,25,27)/t13-,16-,19?. The van der Waals surface area contributed by atoms with E-state index < -0.39 is 6.61 Å². The number of ether oxygens (including phenoxy) is 1. The van der Waals surface area contributed by atoms with Gasteiger partial charge in [-0.25, -0.2) is 0 Å². The van der Waals surface area contributed by atoms with Gasteiger partial charge in [0.25, 0.3) is 5.91 Å². The number of aliphatic hydroxyl groups is 1. The second-order valence-corrected chi connectivity index (χ2v) is 7.87. The van der Waals surface area contributed by atoms with Gasteiger partial charge in [0.2, 0.25) is 0 Å². The van der Waals surface area contributed by atoms with E-state index in [-0.39, 0.29) is 23.8 Å². The highest BCUT2D eigenvalue weighted by Crippen LogP contribution is 2.40. The molecule has 1 unspecified atom stereocenters. The first-order valence-corrected chi connectivity index (χ1v) is 9.83. The van der Waals surface area contributed by atoms with Gasteiger partial charge < -0.3 is 15.2 Å². The van der Waals surface area contributed by atoms with Crippen LogP contribution in [-0.4, -0.2) is 34.8 Å². The van der Waals surface area contributed by atoms with Crippen molar-refractivity contribution in [3.63, 3.8) is 0 Å². The van der Waals surface area contributed by atoms with Crippen LogP contribution in [0.3, 0.4) is 0 Å². The number of rotatable bonds is 6. The fourth-order valence-corrected chi connectivity index (χ4v) is 4.10. The van der Waals surface area contributed by atoms with Gasteiger partial charge in [0, 0.05) is 23.7 Å². The topological polar surface area (TPSA) is 71.5 Å². The summed E-state index contributed by atoms with van der Waals surface area (Å²) in [5, 5.41) is 14.0. The van der Waals surface area contributed by atoms with E-state index >= 15 is 0 Å². The monoisotopic (exact) mass is 390 g/mol. The highest BCUT2D eigenvalue weighted by Gasteiger charge is 2.37. The van der Waals surface area contributed by atoms with E-state index in [0.29, 0.717) is 28.3 Å². The number of carbonyl (C=O) groups excluding carboxylic acids is 1. The maximum atomic E-state index is 12.6. The largest absolute Gasteiger partial charge is 0.435 e. The minimum absolute atomic E-state index is 0.0392. The normalized spacial score (nSPS) is 23.6. The SMILES string of the molecule is O=C(N[C@H]1CC[C@H](C(O)C2CC2)CC1)c1cnc2cc(OC(F)F)ccc2c1. The third kappa shape index (κ3) is 4.41. The minimum Gasteiger partial charge on any atom is -0.435 e. The molecular formula is C21H24F2N2O3. The zero-order valence-corrected chi connectivity index (χ0v) is 15.5. The number of carbonyl (C=O) groups is 1. The molecule has 1 aromatic heterocycles. The number of amides is 1. The number of halogens is 2. The molecule has 2 aromatic rings. The van der Waals surface area contributed by atoms with Crippen molar-refractivity contribution in [3.8, 4) is 5.75 Å². The molecule has 2 N–H and O–H groups in total. The number of benzene rings is 1. The Bertz CT molecular complexity index is 849. The van der Waals surface area contributed by atoms with Gasteiger partial charge in [-0.15, -0.1) is 0 Å². The second-order valence-electron chi connectivity index (χ2n) is 7.87. The van der Waals surface area contributed by atoms with Gasteiger partial charge >= 0.3 is 6.61 Å². The highest BCUT2D eigenvalue weighted by atomic mass is 19.3. The Hall–Kier alpha value is -2.28. The van der Waals surface area contributed by atoms with Crippen LogP contribution in [0, 0.1) is 11.8 Å². The Balaban J connectivity index is 1.36. The van der Waals surface area contributed by atoms with Gasteiger partial charge in [-0.2, -0.15) is 8.78 Å². The molecule has 1 aromatic carbocycles. The summed E-state index contributed by atoms with van der Waals surface area (Å²) in [6.45, 7) is -2.89. The van der Waals surface area contributed by atoms with Crippen LogP contribution in [-0.2, 0) is 0 Å². The van der Waals surface area contributed by atoms with Gasteiger partial charge in [0.1, 0.15) is 5.75 Å². The lowest BCUT2D eigenvalue weighted by atomic mass is 9.81. The summed E-state index contributed by atoms with van der Waals surface area (Å²) in [4.78, 5) is 16.8. The van der Waals surface area contributed by atoms with E-state index in [2.05, 4.69) is 15.0 Å². The number of nitrogens with one attached hydrogen (secondary N) is 1. The van der Waals surface area contributed by atoms with E-state index in [9.17, 15) is 18.7 Å². The lowest BCUT2D eigenvalue weighted by Crippen LogP contribution is -2.39. The molecule has 150 valence electrons. The van der Waals surface area contributed by atoms with Gasteiger partial charge in [-0.05, 0) is 68.6 Å². The van der Waals surface area contributed by atoms with Crippen molar-refractivity contribution in [2.45, 2.75) is 57.3 Å². The molecular weight excluding hydrogens is 366 g/mol. The second kappa shape index (κ2) is 7.99. The first-order chi connectivity index (χ1) is 13.5. The molecule has 0 spiro atoms. The molecule has 4 rings (SSSR count). The maximum Gasteiger partial charge on any atom is 0.387 e. The summed E-state index contributed by atoms with van der Waals surface area (Å²) < 4.78 is 29.0. The fraction of sp³-hybridized carbons (Fsp3) is 0.524. The average Bonchev–Trinajstić information content (AvgIpc) is 3.52. The first kappa shape index (κ1) is 19.1. The number of nitrogens with zero attached hydrogens (tertiary/aromatic N) is 1. The highest BCUT2D eigenvalue weighted by molar-refractivity contribution is 5.97. The number of hydrogen-bond acceptors (Lipinski definition) is 4. The number of aromatic nitrogens is 1. The van der Waals surface area contributed by atoms with Crippen LogP contribution in [0.5, 0.6) is 5.75 Å². The third-order valence-corrected chi connectivity index (χ3v) is 5.84. The van der Waals surface area contributed by atoms with E-state index in [4.69, 9.17) is 0 Å². The van der Waals surface area contributed by atoms with Crippen LogP contribution in [0.15, 0.2) is 30.5 Å². The van der Waals surface area contributed by atoms with Crippen LogP contribution >= 0.6 is 0 Å². The van der Waals surface area contributed by atoms with Gasteiger partial charge in [0.05, 0.1) is 17.2 Å². The van der Waals surface area contributed by atoms with Gasteiger partial charge in [0.15, 0.2) is 0 Å². The molecule has 0 radical (unpaired) electrons. The van der Waals surface area contributed by atoms with Crippen molar-refractivity contribution in [2.75, 3.05) is 0 Å². The van der Waals surface area contributed by atoms with Gasteiger partial charge in [-0.3, -0.25) is 9.78 Å². The Morgan fingerprint density at radius 1 is 1.11 bits per heavy atom. The number of fused-ring (bicyclic) bond motifs is 1. The van der Waals surface area contributed by atoms with Crippen molar-refractivity contribution in [2.24, 2.45) is 11.8 Å². The summed E-state index contributed by atoms with van der Waals surface area (Å²) >= 11 is 0. The van der Waals surface area contributed by atoms with Crippen LogP contribution in [0.1, 0.15) is 48.9 Å². The number of alkyl halides is 2. The molecule has 7 heteroatoms. The summed E-state index contributed by atoms with van der Waals surface area (Å²) in [5.41, 5.74) is 0.930. The Morgan fingerprint density at radius 2 is 1.79 bits per heavy atom. The summed E-state index contributed by atoms with van der Waals surface area (Å²) in [6.07, 6.45) is 7.17. The smallest absolute Gasteiger partial charge is 0.387 e. The van der Waals surface area contributed by atoms with Crippen LogP contribution in [0.4, 0.5) is 8.78 Å². The number of aliphatic hydroxyl groups excluding tert-OH is 1. The predicted octanol–water partition coefficient (Wildman–Crippen LogP) is 3.90. The van der Waals surface area contributed by atoms with Gasteiger partial charge in [-0.1, -0.05) is 0 Å². The molecule has 5 nitrogen and oxygen atoms in total. The molecule has 2 fully saturated rings. The summed E-state index contributed by atoms with van der Waals surface area (Å²) in [6, 6.07) is 6.28. The molecule has 28 heavy (non-hydrogen) atoms. The van der Waals surface area contributed by atoms with Crippen LogP contribution < -0.4 is 10.1 Å².